The molecule has 0 aromatic heterocycles. The van der Waals surface area contributed by atoms with Gasteiger partial charge in [0.25, 0.3) is 9.05 Å². The van der Waals surface area contributed by atoms with Gasteiger partial charge in [0.15, 0.2) is 9.84 Å². The molecule has 0 heterocycles. The molecule has 2 aromatic rings. The van der Waals surface area contributed by atoms with Crippen molar-refractivity contribution in [2.75, 3.05) is 6.26 Å². The number of hydrogen-bond acceptors (Lipinski definition) is 4. The second-order valence-electron chi connectivity index (χ2n) is 4.84. The fourth-order valence-electron chi connectivity index (χ4n) is 1.49. The summed E-state index contributed by atoms with van der Waals surface area (Å²) >= 11 is 0. The first-order valence-corrected chi connectivity index (χ1v) is 10.5. The average Bonchev–Trinajstić information content (AvgIpc) is 2.38. The molecule has 2 aromatic carbocycles. The smallest absolute Gasteiger partial charge is 0.224 e. The number of benzene rings is 2. The lowest BCUT2D eigenvalue weighted by atomic mass is 10.2. The van der Waals surface area contributed by atoms with E-state index < -0.39 is 18.9 Å². The zero-order chi connectivity index (χ0) is 17.0. The van der Waals surface area contributed by atoms with E-state index in [0.717, 1.165) is 11.1 Å². The van der Waals surface area contributed by atoms with E-state index in [0.29, 0.717) is 4.90 Å². The van der Waals surface area contributed by atoms with Crippen molar-refractivity contribution < 1.29 is 16.8 Å². The van der Waals surface area contributed by atoms with Crippen LogP contribution >= 0.6 is 10.7 Å². The van der Waals surface area contributed by atoms with Crippen molar-refractivity contribution >= 4 is 29.6 Å². The predicted octanol–water partition coefficient (Wildman–Crippen LogP) is 4.59. The van der Waals surface area contributed by atoms with Gasteiger partial charge >= 0.3 is 0 Å². The molecule has 7 heteroatoms. The van der Waals surface area contributed by atoms with Gasteiger partial charge in [0.05, 0.1) is 9.79 Å². The van der Waals surface area contributed by atoms with Crippen LogP contribution in [0, 0.1) is 13.8 Å². The molecule has 136 valence electrons. The highest BCUT2D eigenvalue weighted by molar-refractivity contribution is 8.13. The summed E-state index contributed by atoms with van der Waals surface area (Å²) < 4.78 is 43.3. The Morgan fingerprint density at radius 1 is 0.667 bits per heavy atom. The zero-order valence-corrected chi connectivity index (χ0v) is 14.8. The van der Waals surface area contributed by atoms with Crippen LogP contribution in [-0.2, 0) is 18.9 Å². The maximum atomic E-state index is 10.9. The molecule has 0 saturated carbocycles. The van der Waals surface area contributed by atoms with Crippen LogP contribution in [0.1, 0.15) is 26.0 Å². The summed E-state index contributed by atoms with van der Waals surface area (Å²) in [6.45, 7) is 3.80. The van der Waals surface area contributed by atoms with Crippen LogP contribution in [-0.4, -0.2) is 23.1 Å². The fourth-order valence-corrected chi connectivity index (χ4v) is 2.89. The van der Waals surface area contributed by atoms with Crippen molar-refractivity contribution in [3.63, 3.8) is 0 Å². The van der Waals surface area contributed by atoms with Crippen LogP contribution in [0.5, 0.6) is 0 Å². The minimum Gasteiger partial charge on any atom is -0.224 e. The van der Waals surface area contributed by atoms with Gasteiger partial charge in [-0.05, 0) is 38.1 Å². The third-order valence-corrected chi connectivity index (χ3v) is 5.25. The summed E-state index contributed by atoms with van der Waals surface area (Å²) in [6.07, 6.45) is 1.21. The summed E-state index contributed by atoms with van der Waals surface area (Å²) in [7, 11) is -1.48. The Morgan fingerprint density at radius 3 is 1.21 bits per heavy atom. The molecule has 0 atom stereocenters. The molecule has 0 fully saturated rings. The highest BCUT2D eigenvalue weighted by Gasteiger charge is 2.07. The van der Waals surface area contributed by atoms with Crippen LogP contribution in [0.2, 0.25) is 0 Å². The van der Waals surface area contributed by atoms with E-state index in [1.165, 1.54) is 18.4 Å². The molecule has 0 N–H and O–H groups in total. The van der Waals surface area contributed by atoms with Crippen LogP contribution in [0.25, 0.3) is 0 Å². The molecule has 0 bridgehead atoms. The van der Waals surface area contributed by atoms with Gasteiger partial charge in [0.1, 0.15) is 0 Å². The third-order valence-electron chi connectivity index (χ3n) is 2.75. The number of hydrogen-bond donors (Lipinski definition) is 0. The Morgan fingerprint density at radius 2 is 0.958 bits per heavy atom. The Labute approximate surface area is 150 Å². The van der Waals surface area contributed by atoms with Crippen LogP contribution in [0.4, 0.5) is 0 Å². The van der Waals surface area contributed by atoms with E-state index >= 15 is 0 Å². The maximum absolute atomic E-state index is 10.9. The standard InChI is InChI=1S/C8H10O2S.C7H7ClO2S.2CH4/c1-7-3-5-8(6-4-7)11(2,9)10;1-6-2-4-7(5-3-6)11(8,9)10;;/h3-6H,1-2H3;2-5H,1H3;2*1H4. The molecule has 0 aliphatic rings. The lowest BCUT2D eigenvalue weighted by Gasteiger charge is -1.96. The van der Waals surface area contributed by atoms with Crippen molar-refractivity contribution in [2.24, 2.45) is 0 Å². The molecule has 0 radical (unpaired) electrons. The van der Waals surface area contributed by atoms with E-state index in [9.17, 15) is 16.8 Å². The van der Waals surface area contributed by atoms with E-state index in [4.69, 9.17) is 10.7 Å². The number of halogens is 1. The van der Waals surface area contributed by atoms with E-state index in [2.05, 4.69) is 0 Å². The Bertz CT molecular complexity index is 750. The van der Waals surface area contributed by atoms with Crippen LogP contribution < -0.4 is 0 Å². The molecule has 0 unspecified atom stereocenters. The molecule has 0 aliphatic carbocycles. The molecule has 24 heavy (non-hydrogen) atoms. The largest absolute Gasteiger partial charge is 0.261 e. The van der Waals surface area contributed by atoms with E-state index in [1.54, 1.807) is 36.4 Å². The van der Waals surface area contributed by atoms with E-state index in [-0.39, 0.29) is 19.7 Å². The molecular weight excluding hydrogens is 368 g/mol. The monoisotopic (exact) mass is 392 g/mol. The van der Waals surface area contributed by atoms with Gasteiger partial charge in [-0.3, -0.25) is 0 Å². The molecule has 0 saturated heterocycles. The first kappa shape index (κ1) is 24.9. The molecule has 0 amide bonds. The second-order valence-corrected chi connectivity index (χ2v) is 9.42. The van der Waals surface area contributed by atoms with Crippen LogP contribution in [0.3, 0.4) is 0 Å². The molecular formula is C17H25ClO4S2. The number of sulfone groups is 1. The summed E-state index contributed by atoms with van der Waals surface area (Å²) in [5, 5.41) is 0. The maximum Gasteiger partial charge on any atom is 0.261 e. The minimum absolute atomic E-state index is 0. The third kappa shape index (κ3) is 8.47. The predicted molar refractivity (Wildman–Crippen MR) is 102 cm³/mol. The summed E-state index contributed by atoms with van der Waals surface area (Å²) in [4.78, 5) is 0.521. The molecule has 4 nitrogen and oxygen atoms in total. The van der Waals surface area contributed by atoms with Gasteiger partial charge in [-0.15, -0.1) is 0 Å². The summed E-state index contributed by atoms with van der Waals surface area (Å²) in [5.74, 6) is 0. The van der Waals surface area contributed by atoms with Gasteiger partial charge in [-0.1, -0.05) is 50.2 Å². The van der Waals surface area contributed by atoms with Crippen molar-refractivity contribution in [3.8, 4) is 0 Å². The van der Waals surface area contributed by atoms with E-state index in [1.807, 2.05) is 13.8 Å². The highest BCUT2D eigenvalue weighted by Crippen LogP contribution is 2.14. The molecule has 2 rings (SSSR count). The van der Waals surface area contributed by atoms with Gasteiger partial charge in [-0.2, -0.15) is 0 Å². The normalized spacial score (nSPS) is 10.5. The van der Waals surface area contributed by atoms with Crippen molar-refractivity contribution in [3.05, 3.63) is 59.7 Å². The van der Waals surface area contributed by atoms with Crippen molar-refractivity contribution in [2.45, 2.75) is 38.5 Å². The number of aryl methyl sites for hydroxylation is 2. The molecule has 0 aliphatic heterocycles. The van der Waals surface area contributed by atoms with Gasteiger partial charge < -0.3 is 0 Å². The quantitative estimate of drug-likeness (QED) is 0.700. The lowest BCUT2D eigenvalue weighted by molar-refractivity contribution is 0.601. The van der Waals surface area contributed by atoms with Crippen LogP contribution in [0.15, 0.2) is 58.3 Å². The first-order chi connectivity index (χ1) is 10.00. The van der Waals surface area contributed by atoms with Crippen molar-refractivity contribution in [1.29, 1.82) is 0 Å². The summed E-state index contributed by atoms with van der Waals surface area (Å²) in [6, 6.07) is 13.2. The van der Waals surface area contributed by atoms with Gasteiger partial charge in [0.2, 0.25) is 0 Å². The SMILES string of the molecule is C.C.Cc1ccc(S(=O)(=O)Cl)cc1.Cc1ccc(S(C)(=O)=O)cc1. The average molecular weight is 393 g/mol. The second kappa shape index (κ2) is 9.81. The Balaban J connectivity index is 0. The van der Waals surface area contributed by atoms with Crippen molar-refractivity contribution in [1.82, 2.24) is 0 Å². The lowest BCUT2D eigenvalue weighted by Crippen LogP contribution is -1.95. The van der Waals surface area contributed by atoms with Gasteiger partial charge in [-0.25, -0.2) is 16.8 Å². The fraction of sp³-hybridized carbons (Fsp3) is 0.294. The minimum atomic E-state index is -3.55. The first-order valence-electron chi connectivity index (χ1n) is 6.28. The number of rotatable bonds is 2. The Kier molecular flexibility index (Phi) is 10.2. The molecule has 0 spiro atoms. The Hall–Kier alpha value is -1.37. The van der Waals surface area contributed by atoms with Gasteiger partial charge in [0, 0.05) is 16.9 Å². The highest BCUT2D eigenvalue weighted by atomic mass is 35.7. The zero-order valence-electron chi connectivity index (χ0n) is 12.4. The topological polar surface area (TPSA) is 68.3 Å². The summed E-state index contributed by atoms with van der Waals surface area (Å²) in [5.41, 5.74) is 2.08.